The van der Waals surface area contributed by atoms with E-state index in [0.717, 1.165) is 12.8 Å². The van der Waals surface area contributed by atoms with Gasteiger partial charge in [0.25, 0.3) is 5.91 Å². The van der Waals surface area contributed by atoms with Crippen LogP contribution in [0.1, 0.15) is 25.8 Å². The molecule has 0 saturated heterocycles. The van der Waals surface area contributed by atoms with Gasteiger partial charge in [0, 0.05) is 0 Å². The Morgan fingerprint density at radius 2 is 1.95 bits per heavy atom. The molecule has 0 saturated carbocycles. The molecule has 19 heavy (non-hydrogen) atoms. The second-order valence-electron chi connectivity index (χ2n) is 4.27. The van der Waals surface area contributed by atoms with Gasteiger partial charge in [-0.2, -0.15) is 0 Å². The normalized spacial score (nSPS) is 11.7. The number of benzene rings is 1. The molecule has 1 rings (SSSR count). The molecule has 0 aromatic heterocycles. The number of carbonyl (C=O) groups is 2. The average molecular weight is 265 g/mol. The van der Waals surface area contributed by atoms with Crippen molar-refractivity contribution in [2.24, 2.45) is 0 Å². The molecule has 104 valence electrons. The van der Waals surface area contributed by atoms with Crippen LogP contribution < -0.4 is 10.1 Å². The predicted molar refractivity (Wildman–Crippen MR) is 71.2 cm³/mol. The summed E-state index contributed by atoms with van der Waals surface area (Å²) in [5.74, 6) is -0.928. The van der Waals surface area contributed by atoms with E-state index in [1.54, 1.807) is 6.92 Å². The summed E-state index contributed by atoms with van der Waals surface area (Å²) < 4.78 is 5.44. The highest BCUT2D eigenvalue weighted by Gasteiger charge is 2.15. The van der Waals surface area contributed by atoms with Crippen LogP contribution in [0, 0.1) is 0 Å². The van der Waals surface area contributed by atoms with Gasteiger partial charge in [-0.1, -0.05) is 25.5 Å². The molecule has 1 aromatic carbocycles. The standard InChI is InChI=1S/C14H19NO4/c1-3-4-11-5-7-12(8-6-11)19-10(2)14(18)15-9-13(16)17/h5-8,10H,3-4,9H2,1-2H3,(H,15,18)(H,16,17). The van der Waals surface area contributed by atoms with Crippen molar-refractivity contribution in [2.75, 3.05) is 6.54 Å². The lowest BCUT2D eigenvalue weighted by Gasteiger charge is -2.14. The van der Waals surface area contributed by atoms with E-state index in [2.05, 4.69) is 12.2 Å². The van der Waals surface area contributed by atoms with Gasteiger partial charge >= 0.3 is 5.97 Å². The molecule has 0 heterocycles. The number of carbonyl (C=O) groups excluding carboxylic acids is 1. The SMILES string of the molecule is CCCc1ccc(OC(C)C(=O)NCC(=O)O)cc1. The molecule has 0 aliphatic carbocycles. The fourth-order valence-corrected chi connectivity index (χ4v) is 1.59. The van der Waals surface area contributed by atoms with Gasteiger partial charge < -0.3 is 15.2 Å². The minimum absolute atomic E-state index is 0.401. The average Bonchev–Trinajstić information content (AvgIpc) is 2.38. The Morgan fingerprint density at radius 3 is 2.47 bits per heavy atom. The number of aryl methyl sites for hydroxylation is 1. The lowest BCUT2D eigenvalue weighted by atomic mass is 10.1. The first-order chi connectivity index (χ1) is 9.02. The highest BCUT2D eigenvalue weighted by atomic mass is 16.5. The summed E-state index contributed by atoms with van der Waals surface area (Å²) in [7, 11) is 0. The van der Waals surface area contributed by atoms with Gasteiger partial charge in [0.2, 0.25) is 0 Å². The van der Waals surface area contributed by atoms with Crippen LogP contribution in [0.25, 0.3) is 0 Å². The van der Waals surface area contributed by atoms with Gasteiger partial charge in [0.15, 0.2) is 6.10 Å². The van der Waals surface area contributed by atoms with Crippen LogP contribution in [-0.2, 0) is 16.0 Å². The molecule has 1 aromatic rings. The summed E-state index contributed by atoms with van der Waals surface area (Å²) in [6, 6.07) is 7.54. The van der Waals surface area contributed by atoms with Crippen LogP contribution in [0.5, 0.6) is 5.75 Å². The van der Waals surface area contributed by atoms with Crippen molar-refractivity contribution in [1.29, 1.82) is 0 Å². The first-order valence-corrected chi connectivity index (χ1v) is 6.28. The molecule has 0 fully saturated rings. The molecule has 0 aliphatic rings. The molecule has 1 atom stereocenters. The lowest BCUT2D eigenvalue weighted by Crippen LogP contribution is -2.39. The summed E-state index contributed by atoms with van der Waals surface area (Å²) >= 11 is 0. The topological polar surface area (TPSA) is 75.6 Å². The highest BCUT2D eigenvalue weighted by Crippen LogP contribution is 2.14. The number of hydrogen-bond acceptors (Lipinski definition) is 3. The predicted octanol–water partition coefficient (Wildman–Crippen LogP) is 1.61. The van der Waals surface area contributed by atoms with Gasteiger partial charge in [0.1, 0.15) is 12.3 Å². The Morgan fingerprint density at radius 1 is 1.32 bits per heavy atom. The number of carboxylic acid groups (broad SMARTS) is 1. The molecule has 2 N–H and O–H groups in total. The Hall–Kier alpha value is -2.04. The van der Waals surface area contributed by atoms with E-state index < -0.39 is 24.5 Å². The monoisotopic (exact) mass is 265 g/mol. The van der Waals surface area contributed by atoms with E-state index in [4.69, 9.17) is 9.84 Å². The van der Waals surface area contributed by atoms with Crippen molar-refractivity contribution < 1.29 is 19.4 Å². The zero-order valence-electron chi connectivity index (χ0n) is 11.2. The largest absolute Gasteiger partial charge is 0.481 e. The first-order valence-electron chi connectivity index (χ1n) is 6.28. The maximum atomic E-state index is 11.5. The maximum absolute atomic E-state index is 11.5. The van der Waals surface area contributed by atoms with Crippen LogP contribution in [0.4, 0.5) is 0 Å². The van der Waals surface area contributed by atoms with Crippen molar-refractivity contribution >= 4 is 11.9 Å². The van der Waals surface area contributed by atoms with Gasteiger partial charge in [0.05, 0.1) is 0 Å². The van der Waals surface area contributed by atoms with Crippen molar-refractivity contribution in [2.45, 2.75) is 32.8 Å². The second kappa shape index (κ2) is 7.41. The third-order valence-corrected chi connectivity index (χ3v) is 2.56. The van der Waals surface area contributed by atoms with E-state index in [9.17, 15) is 9.59 Å². The quantitative estimate of drug-likeness (QED) is 0.785. The second-order valence-corrected chi connectivity index (χ2v) is 4.27. The number of hydrogen-bond donors (Lipinski definition) is 2. The number of carboxylic acids is 1. The smallest absolute Gasteiger partial charge is 0.322 e. The number of aliphatic carboxylic acids is 1. The van der Waals surface area contributed by atoms with Crippen LogP contribution >= 0.6 is 0 Å². The van der Waals surface area contributed by atoms with Crippen molar-refractivity contribution in [3.05, 3.63) is 29.8 Å². The minimum Gasteiger partial charge on any atom is -0.481 e. The maximum Gasteiger partial charge on any atom is 0.322 e. The van der Waals surface area contributed by atoms with Gasteiger partial charge in [-0.3, -0.25) is 9.59 Å². The third-order valence-electron chi connectivity index (χ3n) is 2.56. The van der Waals surface area contributed by atoms with E-state index in [-0.39, 0.29) is 0 Å². The summed E-state index contributed by atoms with van der Waals surface area (Å²) in [5.41, 5.74) is 1.22. The van der Waals surface area contributed by atoms with Gasteiger partial charge in [-0.15, -0.1) is 0 Å². The Labute approximate surface area is 112 Å². The van der Waals surface area contributed by atoms with Gasteiger partial charge in [-0.25, -0.2) is 0 Å². The fraction of sp³-hybridized carbons (Fsp3) is 0.429. The van der Waals surface area contributed by atoms with Crippen LogP contribution in [-0.4, -0.2) is 29.6 Å². The Kier molecular flexibility index (Phi) is 5.85. The molecule has 1 unspecified atom stereocenters. The third kappa shape index (κ3) is 5.42. The molecule has 0 radical (unpaired) electrons. The minimum atomic E-state index is -1.08. The van der Waals surface area contributed by atoms with Crippen LogP contribution in [0.3, 0.4) is 0 Å². The van der Waals surface area contributed by atoms with Crippen molar-refractivity contribution in [1.82, 2.24) is 5.32 Å². The Bertz CT molecular complexity index is 428. The van der Waals surface area contributed by atoms with E-state index >= 15 is 0 Å². The lowest BCUT2D eigenvalue weighted by molar-refractivity contribution is -0.139. The van der Waals surface area contributed by atoms with E-state index in [1.165, 1.54) is 5.56 Å². The van der Waals surface area contributed by atoms with Crippen molar-refractivity contribution in [3.8, 4) is 5.75 Å². The fourth-order valence-electron chi connectivity index (χ4n) is 1.59. The highest BCUT2D eigenvalue weighted by molar-refractivity contribution is 5.84. The first kappa shape index (κ1) is 15.0. The molecule has 1 amide bonds. The molecule has 0 spiro atoms. The summed E-state index contributed by atoms with van der Waals surface area (Å²) in [6.07, 6.45) is 1.36. The molecular weight excluding hydrogens is 246 g/mol. The van der Waals surface area contributed by atoms with Crippen LogP contribution in [0.2, 0.25) is 0 Å². The zero-order chi connectivity index (χ0) is 14.3. The Balaban J connectivity index is 2.49. The summed E-state index contributed by atoms with van der Waals surface area (Å²) in [4.78, 5) is 21.8. The van der Waals surface area contributed by atoms with Gasteiger partial charge in [-0.05, 0) is 31.0 Å². The van der Waals surface area contributed by atoms with Crippen molar-refractivity contribution in [3.63, 3.8) is 0 Å². The van der Waals surface area contributed by atoms with E-state index in [1.807, 2.05) is 24.3 Å². The number of amides is 1. The zero-order valence-corrected chi connectivity index (χ0v) is 11.2. The number of nitrogens with one attached hydrogen (secondary N) is 1. The molecule has 5 heteroatoms. The number of rotatable bonds is 7. The molecule has 0 aliphatic heterocycles. The number of ether oxygens (including phenoxy) is 1. The molecule has 5 nitrogen and oxygen atoms in total. The molecular formula is C14H19NO4. The van der Waals surface area contributed by atoms with Crippen LogP contribution in [0.15, 0.2) is 24.3 Å². The summed E-state index contributed by atoms with van der Waals surface area (Å²) in [6.45, 7) is 3.29. The molecule has 0 bridgehead atoms. The van der Waals surface area contributed by atoms with E-state index in [0.29, 0.717) is 5.75 Å². The summed E-state index contributed by atoms with van der Waals surface area (Å²) in [5, 5.41) is 10.7.